The summed E-state index contributed by atoms with van der Waals surface area (Å²) in [4.78, 5) is 8.05. The highest BCUT2D eigenvalue weighted by molar-refractivity contribution is 5.63. The van der Waals surface area contributed by atoms with E-state index in [-0.39, 0.29) is 0 Å². The van der Waals surface area contributed by atoms with Gasteiger partial charge >= 0.3 is 0 Å². The summed E-state index contributed by atoms with van der Waals surface area (Å²) in [6.07, 6.45) is 6.09. The van der Waals surface area contributed by atoms with Gasteiger partial charge < -0.3 is 9.40 Å². The Morgan fingerprint density at radius 2 is 2.00 bits per heavy atom. The second-order valence-electron chi connectivity index (χ2n) is 6.82. The molecule has 2 aromatic heterocycles. The summed E-state index contributed by atoms with van der Waals surface area (Å²) in [5, 5.41) is 0. The number of H-pyrrole nitrogens is 1. The number of hydrogen-bond acceptors (Lipinski definition) is 2. The molecule has 0 bridgehead atoms. The first kappa shape index (κ1) is 15.3. The lowest BCUT2D eigenvalue weighted by molar-refractivity contribution is 0.420. The van der Waals surface area contributed by atoms with E-state index in [2.05, 4.69) is 43.1 Å². The summed E-state index contributed by atoms with van der Waals surface area (Å²) >= 11 is 0. The van der Waals surface area contributed by atoms with Crippen LogP contribution >= 0.6 is 0 Å². The van der Waals surface area contributed by atoms with Crippen molar-refractivity contribution in [3.05, 3.63) is 53.3 Å². The van der Waals surface area contributed by atoms with Gasteiger partial charge in [0, 0.05) is 11.3 Å². The lowest BCUT2D eigenvalue weighted by atomic mass is 9.79. The van der Waals surface area contributed by atoms with Crippen molar-refractivity contribution in [3.63, 3.8) is 0 Å². The predicted molar refractivity (Wildman–Crippen MR) is 97.0 cm³/mol. The first-order valence-corrected chi connectivity index (χ1v) is 9.00. The van der Waals surface area contributed by atoms with Crippen LogP contribution in [0.4, 0.5) is 0 Å². The van der Waals surface area contributed by atoms with Crippen molar-refractivity contribution in [3.8, 4) is 22.9 Å². The molecule has 1 N–H and O–H groups in total. The molecule has 0 unspecified atom stereocenters. The molecule has 0 aliphatic heterocycles. The van der Waals surface area contributed by atoms with Crippen LogP contribution in [0.15, 0.2) is 40.8 Å². The molecular formula is C21H24N2O. The highest BCUT2D eigenvalue weighted by Gasteiger charge is 2.20. The van der Waals surface area contributed by atoms with E-state index in [4.69, 9.17) is 9.40 Å². The monoisotopic (exact) mass is 320 g/mol. The molecule has 3 nitrogen and oxygen atoms in total. The topological polar surface area (TPSA) is 41.8 Å². The van der Waals surface area contributed by atoms with Gasteiger partial charge in [-0.2, -0.15) is 0 Å². The average Bonchev–Trinajstić information content (AvgIpc) is 3.14. The molecule has 1 aliphatic rings. The zero-order valence-electron chi connectivity index (χ0n) is 14.4. The second kappa shape index (κ2) is 6.31. The molecule has 0 saturated heterocycles. The molecule has 1 saturated carbocycles. The van der Waals surface area contributed by atoms with Crippen molar-refractivity contribution in [1.29, 1.82) is 0 Å². The van der Waals surface area contributed by atoms with Gasteiger partial charge in [-0.1, -0.05) is 38.0 Å². The highest BCUT2D eigenvalue weighted by atomic mass is 16.3. The van der Waals surface area contributed by atoms with Gasteiger partial charge in [0.1, 0.15) is 5.76 Å². The lowest BCUT2D eigenvalue weighted by Gasteiger charge is -2.25. The molecule has 0 spiro atoms. The number of aryl methyl sites for hydroxylation is 2. The van der Waals surface area contributed by atoms with Crippen molar-refractivity contribution in [2.24, 2.45) is 0 Å². The van der Waals surface area contributed by atoms with Crippen molar-refractivity contribution in [1.82, 2.24) is 9.97 Å². The van der Waals surface area contributed by atoms with Crippen molar-refractivity contribution >= 4 is 0 Å². The number of benzene rings is 1. The molecule has 2 heterocycles. The molecule has 0 radical (unpaired) electrons. The Balaban J connectivity index is 1.61. The minimum Gasteiger partial charge on any atom is -0.453 e. The summed E-state index contributed by atoms with van der Waals surface area (Å²) in [6.45, 7) is 4.25. The maximum absolute atomic E-state index is 6.09. The van der Waals surface area contributed by atoms with Gasteiger partial charge in [0.15, 0.2) is 11.6 Å². The van der Waals surface area contributed by atoms with Gasteiger partial charge in [-0.25, -0.2) is 4.98 Å². The van der Waals surface area contributed by atoms with Crippen LogP contribution in [0.1, 0.15) is 55.5 Å². The number of aromatic amines is 1. The van der Waals surface area contributed by atoms with Gasteiger partial charge in [-0.15, -0.1) is 0 Å². The van der Waals surface area contributed by atoms with Crippen LogP contribution in [0.25, 0.3) is 22.9 Å². The fourth-order valence-electron chi connectivity index (χ4n) is 3.40. The van der Waals surface area contributed by atoms with Crippen LogP contribution < -0.4 is 0 Å². The minimum absolute atomic E-state index is 0.740. The van der Waals surface area contributed by atoms with Crippen molar-refractivity contribution in [2.45, 2.75) is 51.9 Å². The van der Waals surface area contributed by atoms with Crippen LogP contribution in [-0.4, -0.2) is 9.97 Å². The Bertz CT molecular complexity index is 839. The Hall–Kier alpha value is -2.29. The fourth-order valence-corrected chi connectivity index (χ4v) is 3.40. The van der Waals surface area contributed by atoms with E-state index in [1.54, 1.807) is 0 Å². The second-order valence-corrected chi connectivity index (χ2v) is 6.82. The number of hydrogen-bond donors (Lipinski definition) is 1. The third-order valence-corrected chi connectivity index (χ3v) is 5.06. The van der Waals surface area contributed by atoms with Gasteiger partial charge in [0.05, 0.1) is 5.69 Å². The van der Waals surface area contributed by atoms with Crippen LogP contribution in [0.5, 0.6) is 0 Å². The molecular weight excluding hydrogens is 296 g/mol. The van der Waals surface area contributed by atoms with Crippen molar-refractivity contribution < 1.29 is 4.42 Å². The molecule has 1 aliphatic carbocycles. The first-order chi connectivity index (χ1) is 11.7. The zero-order chi connectivity index (χ0) is 16.5. The quantitative estimate of drug-likeness (QED) is 0.639. The largest absolute Gasteiger partial charge is 0.453 e. The van der Waals surface area contributed by atoms with Gasteiger partial charge in [0.25, 0.3) is 0 Å². The fraction of sp³-hybridized carbons (Fsp3) is 0.381. The highest BCUT2D eigenvalue weighted by Crippen LogP contribution is 2.38. The summed E-state index contributed by atoms with van der Waals surface area (Å²) < 4.78 is 6.09. The maximum Gasteiger partial charge on any atom is 0.174 e. The van der Waals surface area contributed by atoms with E-state index in [0.29, 0.717) is 0 Å². The smallest absolute Gasteiger partial charge is 0.174 e. The van der Waals surface area contributed by atoms with Crippen LogP contribution in [0.3, 0.4) is 0 Å². The third-order valence-electron chi connectivity index (χ3n) is 5.06. The number of aromatic nitrogens is 2. The van der Waals surface area contributed by atoms with E-state index >= 15 is 0 Å². The molecule has 3 aromatic rings. The summed E-state index contributed by atoms with van der Waals surface area (Å²) in [6, 6.07) is 12.8. The molecule has 3 heteroatoms. The Kier molecular flexibility index (Phi) is 4.01. The number of furan rings is 1. The number of imidazole rings is 1. The Morgan fingerprint density at radius 1 is 1.17 bits per heavy atom. The number of rotatable bonds is 5. The Morgan fingerprint density at radius 3 is 2.75 bits per heavy atom. The molecule has 24 heavy (non-hydrogen) atoms. The number of nitrogens with one attached hydrogen (secondary N) is 1. The molecule has 1 aromatic carbocycles. The Labute approximate surface area is 143 Å². The molecule has 4 rings (SSSR count). The van der Waals surface area contributed by atoms with Crippen LogP contribution in [-0.2, 0) is 6.42 Å². The predicted octanol–water partition coefficient (Wildman–Crippen LogP) is 5.87. The maximum atomic E-state index is 6.09. The third kappa shape index (κ3) is 2.79. The van der Waals surface area contributed by atoms with E-state index in [1.165, 1.54) is 24.8 Å². The minimum atomic E-state index is 0.740. The van der Waals surface area contributed by atoms with E-state index in [0.717, 1.165) is 53.1 Å². The lowest BCUT2D eigenvalue weighted by Crippen LogP contribution is -2.08. The zero-order valence-corrected chi connectivity index (χ0v) is 14.4. The van der Waals surface area contributed by atoms with Gasteiger partial charge in [-0.3, -0.25) is 0 Å². The normalized spacial score (nSPS) is 14.8. The van der Waals surface area contributed by atoms with Gasteiger partial charge in [-0.05, 0) is 55.9 Å². The first-order valence-electron chi connectivity index (χ1n) is 9.00. The van der Waals surface area contributed by atoms with Gasteiger partial charge in [0.2, 0.25) is 0 Å². The summed E-state index contributed by atoms with van der Waals surface area (Å²) in [5.74, 6) is 3.29. The number of nitrogens with zero attached hydrogens (tertiary/aromatic N) is 1. The standard InChI is InChI=1S/C21H24N2O/c1-3-6-18-14(2)22-21(23-18)20-12-11-19(24-20)17-10-5-9-16(13-17)15-7-4-8-15/h5,9-13,15H,3-4,6-8H2,1-2H3,(H,22,23). The van der Waals surface area contributed by atoms with E-state index in [1.807, 2.05) is 12.1 Å². The average molecular weight is 320 g/mol. The van der Waals surface area contributed by atoms with E-state index in [9.17, 15) is 0 Å². The molecule has 0 atom stereocenters. The van der Waals surface area contributed by atoms with Crippen LogP contribution in [0, 0.1) is 6.92 Å². The molecule has 1 fully saturated rings. The van der Waals surface area contributed by atoms with Crippen molar-refractivity contribution in [2.75, 3.05) is 0 Å². The molecule has 0 amide bonds. The molecule has 124 valence electrons. The summed E-state index contributed by atoms with van der Waals surface area (Å²) in [7, 11) is 0. The summed E-state index contributed by atoms with van der Waals surface area (Å²) in [5.41, 5.74) is 4.87. The van der Waals surface area contributed by atoms with E-state index < -0.39 is 0 Å². The van der Waals surface area contributed by atoms with Crippen LogP contribution in [0.2, 0.25) is 0 Å². The SMILES string of the molecule is CCCc1nc(-c2ccc(-c3cccc(C4CCC4)c3)o2)[nH]c1C.